The van der Waals surface area contributed by atoms with E-state index in [1.54, 1.807) is 0 Å². The number of amides is 1. The van der Waals surface area contributed by atoms with E-state index in [4.69, 9.17) is 0 Å². The molecule has 0 aromatic rings. The topological polar surface area (TPSA) is 43.8 Å². The molecule has 1 N–H and O–H groups in total. The van der Waals surface area contributed by atoms with Crippen molar-refractivity contribution in [3.63, 3.8) is 0 Å². The lowest BCUT2D eigenvalue weighted by Crippen LogP contribution is -2.50. The SMILES string of the molecule is CC(C(=O)N1CCCCC1)N1CCCC1CO. The summed E-state index contributed by atoms with van der Waals surface area (Å²) in [6.07, 6.45) is 5.65. The Labute approximate surface area is 104 Å². The monoisotopic (exact) mass is 240 g/mol. The fourth-order valence-electron chi connectivity index (χ4n) is 3.08. The van der Waals surface area contributed by atoms with E-state index in [0.717, 1.165) is 45.3 Å². The van der Waals surface area contributed by atoms with Crippen LogP contribution in [0, 0.1) is 0 Å². The number of hydrogen-bond donors (Lipinski definition) is 1. The average molecular weight is 240 g/mol. The van der Waals surface area contributed by atoms with Crippen LogP contribution in [0.2, 0.25) is 0 Å². The van der Waals surface area contributed by atoms with E-state index >= 15 is 0 Å². The molecule has 0 spiro atoms. The highest BCUT2D eigenvalue weighted by Crippen LogP contribution is 2.21. The van der Waals surface area contributed by atoms with Crippen LogP contribution in [0.5, 0.6) is 0 Å². The van der Waals surface area contributed by atoms with Crippen molar-refractivity contribution in [2.45, 2.75) is 51.1 Å². The van der Waals surface area contributed by atoms with Gasteiger partial charge in [0, 0.05) is 19.1 Å². The van der Waals surface area contributed by atoms with Gasteiger partial charge in [-0.1, -0.05) is 0 Å². The molecule has 0 radical (unpaired) electrons. The lowest BCUT2D eigenvalue weighted by Gasteiger charge is -2.34. The first-order chi connectivity index (χ1) is 8.24. The first-order valence-corrected chi connectivity index (χ1v) is 6.89. The van der Waals surface area contributed by atoms with Crippen molar-refractivity contribution in [2.75, 3.05) is 26.2 Å². The minimum absolute atomic E-state index is 0.0623. The van der Waals surface area contributed by atoms with Crippen molar-refractivity contribution < 1.29 is 9.90 Å². The van der Waals surface area contributed by atoms with E-state index < -0.39 is 0 Å². The minimum atomic E-state index is -0.0623. The first-order valence-electron chi connectivity index (χ1n) is 6.89. The molecule has 0 bridgehead atoms. The molecule has 0 aromatic carbocycles. The van der Waals surface area contributed by atoms with E-state index in [0.29, 0.717) is 0 Å². The number of rotatable bonds is 3. The van der Waals surface area contributed by atoms with Crippen LogP contribution in [0.25, 0.3) is 0 Å². The quantitative estimate of drug-likeness (QED) is 0.795. The lowest BCUT2D eigenvalue weighted by molar-refractivity contribution is -0.137. The van der Waals surface area contributed by atoms with Gasteiger partial charge in [0.2, 0.25) is 5.91 Å². The van der Waals surface area contributed by atoms with Crippen LogP contribution in [-0.2, 0) is 4.79 Å². The molecule has 0 saturated carbocycles. The number of likely N-dealkylation sites (tertiary alicyclic amines) is 2. The fourth-order valence-corrected chi connectivity index (χ4v) is 3.08. The second kappa shape index (κ2) is 5.83. The Hall–Kier alpha value is -0.610. The standard InChI is InChI=1S/C13H24N2O2/c1-11(15-9-5-6-12(15)10-16)13(17)14-7-3-2-4-8-14/h11-12,16H,2-10H2,1H3. The minimum Gasteiger partial charge on any atom is -0.395 e. The first kappa shape index (κ1) is 12.8. The van der Waals surface area contributed by atoms with Gasteiger partial charge in [-0.05, 0) is 45.6 Å². The fraction of sp³-hybridized carbons (Fsp3) is 0.923. The van der Waals surface area contributed by atoms with Crippen LogP contribution >= 0.6 is 0 Å². The lowest BCUT2D eigenvalue weighted by atomic mass is 10.1. The summed E-state index contributed by atoms with van der Waals surface area (Å²) in [5.74, 6) is 0.255. The van der Waals surface area contributed by atoms with E-state index in [-0.39, 0.29) is 24.6 Å². The van der Waals surface area contributed by atoms with Crippen LogP contribution in [-0.4, -0.2) is 59.1 Å². The van der Waals surface area contributed by atoms with Crippen molar-refractivity contribution in [1.82, 2.24) is 9.80 Å². The van der Waals surface area contributed by atoms with Gasteiger partial charge in [-0.3, -0.25) is 9.69 Å². The number of aliphatic hydroxyl groups excluding tert-OH is 1. The van der Waals surface area contributed by atoms with Gasteiger partial charge in [-0.2, -0.15) is 0 Å². The number of nitrogens with zero attached hydrogens (tertiary/aromatic N) is 2. The molecule has 2 unspecified atom stereocenters. The van der Waals surface area contributed by atoms with Gasteiger partial charge in [0.1, 0.15) is 0 Å². The number of piperidine rings is 1. The maximum Gasteiger partial charge on any atom is 0.239 e. The van der Waals surface area contributed by atoms with Gasteiger partial charge in [0.05, 0.1) is 12.6 Å². The highest BCUT2D eigenvalue weighted by molar-refractivity contribution is 5.81. The van der Waals surface area contributed by atoms with Gasteiger partial charge in [-0.25, -0.2) is 0 Å². The molecular weight excluding hydrogens is 216 g/mol. The van der Waals surface area contributed by atoms with Gasteiger partial charge < -0.3 is 10.0 Å². The number of aliphatic hydroxyl groups is 1. The highest BCUT2D eigenvalue weighted by Gasteiger charge is 2.33. The molecule has 2 heterocycles. The van der Waals surface area contributed by atoms with Crippen LogP contribution in [0.3, 0.4) is 0 Å². The number of carbonyl (C=O) groups excluding carboxylic acids is 1. The molecule has 2 fully saturated rings. The summed E-state index contributed by atoms with van der Waals surface area (Å²) in [6.45, 7) is 4.95. The molecule has 4 heteroatoms. The molecular formula is C13H24N2O2. The zero-order chi connectivity index (χ0) is 12.3. The smallest absolute Gasteiger partial charge is 0.239 e. The van der Waals surface area contributed by atoms with Crippen LogP contribution in [0.4, 0.5) is 0 Å². The molecule has 2 saturated heterocycles. The maximum atomic E-state index is 12.3. The summed E-state index contributed by atoms with van der Waals surface area (Å²) in [7, 11) is 0. The zero-order valence-corrected chi connectivity index (χ0v) is 10.8. The molecule has 4 nitrogen and oxygen atoms in total. The molecule has 17 heavy (non-hydrogen) atoms. The molecule has 2 atom stereocenters. The summed E-state index contributed by atoms with van der Waals surface area (Å²) in [5, 5.41) is 9.31. The van der Waals surface area contributed by atoms with Crippen molar-refractivity contribution in [3.8, 4) is 0 Å². The highest BCUT2D eigenvalue weighted by atomic mass is 16.3. The molecule has 2 aliphatic heterocycles. The van der Waals surface area contributed by atoms with Gasteiger partial charge >= 0.3 is 0 Å². The molecule has 2 aliphatic rings. The molecule has 2 rings (SSSR count). The summed E-state index contributed by atoms with van der Waals surface area (Å²) in [6, 6.07) is 0.131. The third kappa shape index (κ3) is 2.80. The maximum absolute atomic E-state index is 12.3. The Morgan fingerprint density at radius 2 is 1.94 bits per heavy atom. The van der Waals surface area contributed by atoms with E-state index in [2.05, 4.69) is 4.90 Å². The Kier molecular flexibility index (Phi) is 4.40. The Morgan fingerprint density at radius 1 is 1.24 bits per heavy atom. The largest absolute Gasteiger partial charge is 0.395 e. The van der Waals surface area contributed by atoms with Gasteiger partial charge in [-0.15, -0.1) is 0 Å². The summed E-state index contributed by atoms with van der Waals surface area (Å²) in [5.41, 5.74) is 0. The summed E-state index contributed by atoms with van der Waals surface area (Å²) < 4.78 is 0. The van der Waals surface area contributed by atoms with Crippen molar-refractivity contribution >= 4 is 5.91 Å². The number of carbonyl (C=O) groups is 1. The van der Waals surface area contributed by atoms with E-state index in [9.17, 15) is 9.90 Å². The second-order valence-corrected chi connectivity index (χ2v) is 5.28. The summed E-state index contributed by atoms with van der Waals surface area (Å²) in [4.78, 5) is 16.5. The summed E-state index contributed by atoms with van der Waals surface area (Å²) >= 11 is 0. The zero-order valence-electron chi connectivity index (χ0n) is 10.8. The molecule has 0 aliphatic carbocycles. The third-order valence-electron chi connectivity index (χ3n) is 4.16. The number of hydrogen-bond acceptors (Lipinski definition) is 3. The van der Waals surface area contributed by atoms with Crippen molar-refractivity contribution in [3.05, 3.63) is 0 Å². The molecule has 1 amide bonds. The second-order valence-electron chi connectivity index (χ2n) is 5.28. The van der Waals surface area contributed by atoms with Crippen molar-refractivity contribution in [1.29, 1.82) is 0 Å². The van der Waals surface area contributed by atoms with Gasteiger partial charge in [0.25, 0.3) is 0 Å². The Morgan fingerprint density at radius 3 is 2.59 bits per heavy atom. The van der Waals surface area contributed by atoms with Crippen LogP contribution in [0.1, 0.15) is 39.0 Å². The Bertz CT molecular complexity index is 264. The molecule has 0 aromatic heterocycles. The van der Waals surface area contributed by atoms with Crippen LogP contribution < -0.4 is 0 Å². The third-order valence-corrected chi connectivity index (χ3v) is 4.16. The van der Waals surface area contributed by atoms with Gasteiger partial charge in [0.15, 0.2) is 0 Å². The predicted octanol–water partition coefficient (Wildman–Crippen LogP) is 0.844. The van der Waals surface area contributed by atoms with Crippen molar-refractivity contribution in [2.24, 2.45) is 0 Å². The Balaban J connectivity index is 1.93. The van der Waals surface area contributed by atoms with E-state index in [1.807, 2.05) is 11.8 Å². The predicted molar refractivity (Wildman–Crippen MR) is 66.7 cm³/mol. The van der Waals surface area contributed by atoms with Crippen LogP contribution in [0.15, 0.2) is 0 Å². The molecule has 98 valence electrons. The van der Waals surface area contributed by atoms with E-state index in [1.165, 1.54) is 6.42 Å². The normalized spacial score (nSPS) is 28.4. The average Bonchev–Trinajstić information content (AvgIpc) is 2.86.